The Morgan fingerprint density at radius 1 is 0.846 bits per heavy atom. The predicted octanol–water partition coefficient (Wildman–Crippen LogP) is 5.31. The monoisotopic (exact) mass is 543 g/mol. The predicted molar refractivity (Wildman–Crippen MR) is 158 cm³/mol. The number of methoxy groups -OCH3 is 1. The maximum absolute atomic E-state index is 13.3. The van der Waals surface area contributed by atoms with Crippen LogP contribution in [-0.2, 0) is 20.6 Å². The van der Waals surface area contributed by atoms with Crippen LogP contribution >= 0.6 is 0 Å². The molecule has 1 amide bonds. The lowest BCUT2D eigenvalue weighted by Crippen LogP contribution is -2.67. The molecule has 5 nitrogen and oxygen atoms in total. The van der Waals surface area contributed by atoms with Gasteiger partial charge in [0.1, 0.15) is 5.75 Å². The number of hydrogen-bond donors (Lipinski definition) is 0. The fraction of sp³-hybridized carbons (Fsp3) is 0.424. The SMILES string of the molecule is COc1ccc(CO[C@H]2CCC(=O)N3[C@H](CO[Si](c4ccccc4)(c4ccccc4)C(C)(C)C)CC[C@@H]23)cc1. The molecule has 0 aliphatic carbocycles. The molecule has 3 atom stereocenters. The van der Waals surface area contributed by atoms with Crippen LogP contribution in [0.15, 0.2) is 84.9 Å². The van der Waals surface area contributed by atoms with Crippen molar-refractivity contribution in [1.29, 1.82) is 0 Å². The fourth-order valence-corrected chi connectivity index (χ4v) is 11.1. The van der Waals surface area contributed by atoms with Crippen molar-refractivity contribution < 1.29 is 18.7 Å². The van der Waals surface area contributed by atoms with Crippen molar-refractivity contribution in [2.24, 2.45) is 0 Å². The smallest absolute Gasteiger partial charge is 0.261 e. The standard InChI is InChI=1S/C33H41NO4Si/c1-33(2,3)39(28-11-7-5-8-12-28,29-13-9-6-10-14-29)38-24-26-17-20-30-31(21-22-32(35)34(26)30)37-23-25-15-18-27(36-4)19-16-25/h5-16,18-19,26,30-31H,17,20-24H2,1-4H3/t26-,30-,31-/m0/s1. The molecule has 39 heavy (non-hydrogen) atoms. The first-order valence-corrected chi connectivity index (χ1v) is 16.0. The van der Waals surface area contributed by atoms with Crippen LogP contribution in [0.3, 0.4) is 0 Å². The number of carbonyl (C=O) groups excluding carboxylic acids is 1. The van der Waals surface area contributed by atoms with Crippen LogP contribution in [0.1, 0.15) is 52.0 Å². The first-order valence-electron chi connectivity index (χ1n) is 14.1. The summed E-state index contributed by atoms with van der Waals surface area (Å²) in [5.74, 6) is 1.07. The number of rotatable bonds is 9. The molecular formula is C33H41NO4Si. The second-order valence-electron chi connectivity index (χ2n) is 11.8. The van der Waals surface area contributed by atoms with Gasteiger partial charge in [-0.05, 0) is 52.4 Å². The molecule has 3 aromatic rings. The van der Waals surface area contributed by atoms with E-state index < -0.39 is 8.32 Å². The Kier molecular flexibility index (Phi) is 8.26. The first-order chi connectivity index (χ1) is 18.8. The van der Waals surface area contributed by atoms with E-state index in [1.54, 1.807) is 7.11 Å². The van der Waals surface area contributed by atoms with Crippen LogP contribution in [0.5, 0.6) is 5.75 Å². The molecule has 206 valence electrons. The van der Waals surface area contributed by atoms with Crippen LogP contribution in [0.25, 0.3) is 0 Å². The lowest BCUT2D eigenvalue weighted by atomic mass is 9.98. The summed E-state index contributed by atoms with van der Waals surface area (Å²) < 4.78 is 18.9. The Bertz CT molecular complexity index is 1190. The third kappa shape index (κ3) is 5.56. The summed E-state index contributed by atoms with van der Waals surface area (Å²) in [6.45, 7) is 7.97. The Balaban J connectivity index is 1.35. The van der Waals surface area contributed by atoms with E-state index in [0.29, 0.717) is 19.6 Å². The van der Waals surface area contributed by atoms with Gasteiger partial charge in [-0.1, -0.05) is 93.6 Å². The maximum Gasteiger partial charge on any atom is 0.261 e. The molecular weight excluding hydrogens is 502 g/mol. The van der Waals surface area contributed by atoms with E-state index in [1.165, 1.54) is 10.4 Å². The van der Waals surface area contributed by atoms with E-state index in [9.17, 15) is 4.79 Å². The molecule has 3 aromatic carbocycles. The number of nitrogens with zero attached hydrogens (tertiary/aromatic N) is 1. The molecule has 5 rings (SSSR count). The molecule has 2 heterocycles. The highest BCUT2D eigenvalue weighted by Crippen LogP contribution is 2.39. The van der Waals surface area contributed by atoms with Crippen molar-refractivity contribution in [2.75, 3.05) is 13.7 Å². The van der Waals surface area contributed by atoms with Crippen molar-refractivity contribution in [3.05, 3.63) is 90.5 Å². The van der Waals surface area contributed by atoms with E-state index in [2.05, 4.69) is 86.3 Å². The summed E-state index contributed by atoms with van der Waals surface area (Å²) in [5, 5.41) is 2.44. The third-order valence-electron chi connectivity index (χ3n) is 8.44. The van der Waals surface area contributed by atoms with Gasteiger partial charge in [-0.2, -0.15) is 0 Å². The van der Waals surface area contributed by atoms with Gasteiger partial charge in [0, 0.05) is 6.42 Å². The molecule has 0 aromatic heterocycles. The van der Waals surface area contributed by atoms with Crippen LogP contribution in [0.2, 0.25) is 5.04 Å². The number of piperidine rings is 1. The van der Waals surface area contributed by atoms with Gasteiger partial charge < -0.3 is 18.8 Å². The number of carbonyl (C=O) groups is 1. The lowest BCUT2D eigenvalue weighted by Gasteiger charge is -2.45. The topological polar surface area (TPSA) is 48.0 Å². The van der Waals surface area contributed by atoms with Crippen molar-refractivity contribution in [2.45, 2.75) is 76.3 Å². The summed E-state index contributed by atoms with van der Waals surface area (Å²) in [5.41, 5.74) is 1.11. The summed E-state index contributed by atoms with van der Waals surface area (Å²) >= 11 is 0. The summed E-state index contributed by atoms with van der Waals surface area (Å²) in [6, 6.07) is 29.6. The van der Waals surface area contributed by atoms with Crippen molar-refractivity contribution in [1.82, 2.24) is 4.90 Å². The normalized spacial score (nSPS) is 21.6. The largest absolute Gasteiger partial charge is 0.497 e. The second kappa shape index (κ2) is 11.7. The van der Waals surface area contributed by atoms with E-state index in [1.807, 2.05) is 24.3 Å². The van der Waals surface area contributed by atoms with Crippen LogP contribution in [0.4, 0.5) is 0 Å². The van der Waals surface area contributed by atoms with Crippen LogP contribution < -0.4 is 15.1 Å². The molecule has 2 saturated heterocycles. The van der Waals surface area contributed by atoms with E-state index in [0.717, 1.165) is 30.6 Å². The zero-order chi connectivity index (χ0) is 27.5. The Hall–Kier alpha value is -2.93. The Morgan fingerprint density at radius 2 is 1.46 bits per heavy atom. The van der Waals surface area contributed by atoms with Crippen molar-refractivity contribution in [3.63, 3.8) is 0 Å². The number of hydrogen-bond acceptors (Lipinski definition) is 4. The average molecular weight is 544 g/mol. The van der Waals surface area contributed by atoms with Gasteiger partial charge in [0.05, 0.1) is 38.5 Å². The van der Waals surface area contributed by atoms with Crippen LogP contribution in [0, 0.1) is 0 Å². The summed E-state index contributed by atoms with van der Waals surface area (Å²) in [4.78, 5) is 15.4. The highest BCUT2D eigenvalue weighted by atomic mass is 28.4. The number of benzene rings is 3. The number of ether oxygens (including phenoxy) is 2. The van der Waals surface area contributed by atoms with Gasteiger partial charge in [0.25, 0.3) is 8.32 Å². The van der Waals surface area contributed by atoms with Gasteiger partial charge in [-0.3, -0.25) is 4.79 Å². The minimum absolute atomic E-state index is 0.0441. The minimum Gasteiger partial charge on any atom is -0.497 e. The van der Waals surface area contributed by atoms with Gasteiger partial charge >= 0.3 is 0 Å². The quantitative estimate of drug-likeness (QED) is 0.343. The van der Waals surface area contributed by atoms with Gasteiger partial charge in [0.15, 0.2) is 0 Å². The molecule has 0 N–H and O–H groups in total. The highest BCUT2D eigenvalue weighted by Gasteiger charge is 2.52. The molecule has 2 aliphatic heterocycles. The number of amides is 1. The zero-order valence-electron chi connectivity index (χ0n) is 23.6. The lowest BCUT2D eigenvalue weighted by molar-refractivity contribution is -0.145. The molecule has 2 aliphatic rings. The first kappa shape index (κ1) is 27.6. The summed E-state index contributed by atoms with van der Waals surface area (Å²) in [7, 11) is -0.985. The minimum atomic E-state index is -2.66. The molecule has 0 saturated carbocycles. The molecule has 0 unspecified atom stereocenters. The number of fused-ring (bicyclic) bond motifs is 1. The second-order valence-corrected chi connectivity index (χ2v) is 16.1. The molecule has 0 bridgehead atoms. The maximum atomic E-state index is 13.3. The van der Waals surface area contributed by atoms with E-state index >= 15 is 0 Å². The highest BCUT2D eigenvalue weighted by molar-refractivity contribution is 6.99. The molecule has 2 fully saturated rings. The fourth-order valence-electron chi connectivity index (χ4n) is 6.52. The molecule has 0 radical (unpaired) electrons. The van der Waals surface area contributed by atoms with Crippen molar-refractivity contribution >= 4 is 24.6 Å². The summed E-state index contributed by atoms with van der Waals surface area (Å²) in [6.07, 6.45) is 3.24. The average Bonchev–Trinajstić information content (AvgIpc) is 3.39. The van der Waals surface area contributed by atoms with Gasteiger partial charge in [-0.25, -0.2) is 0 Å². The molecule has 6 heteroatoms. The Labute approximate surface area is 234 Å². The third-order valence-corrected chi connectivity index (χ3v) is 13.4. The molecule has 0 spiro atoms. The van der Waals surface area contributed by atoms with E-state index in [-0.39, 0.29) is 29.1 Å². The van der Waals surface area contributed by atoms with E-state index in [4.69, 9.17) is 13.9 Å². The zero-order valence-corrected chi connectivity index (χ0v) is 24.6. The van der Waals surface area contributed by atoms with Crippen LogP contribution in [-0.4, -0.2) is 51.0 Å². The van der Waals surface area contributed by atoms with Crippen molar-refractivity contribution in [3.8, 4) is 5.75 Å². The Morgan fingerprint density at radius 3 is 2.03 bits per heavy atom. The van der Waals surface area contributed by atoms with Gasteiger partial charge in [-0.15, -0.1) is 0 Å². The van der Waals surface area contributed by atoms with Gasteiger partial charge in [0.2, 0.25) is 5.91 Å².